The number of amides is 2. The number of nitrogens with one attached hydrogen (secondary N) is 2. The van der Waals surface area contributed by atoms with Crippen LogP contribution in [0.25, 0.3) is 0 Å². The molecule has 0 aromatic rings. The van der Waals surface area contributed by atoms with E-state index in [2.05, 4.69) is 22.8 Å². The molecule has 0 aliphatic carbocycles. The summed E-state index contributed by atoms with van der Waals surface area (Å²) in [4.78, 5) is 25.2. The molecule has 0 atom stereocenters. The van der Waals surface area contributed by atoms with Crippen molar-refractivity contribution in [1.82, 2.24) is 15.8 Å². The van der Waals surface area contributed by atoms with Crippen LogP contribution >= 0.6 is 0 Å². The van der Waals surface area contributed by atoms with Crippen LogP contribution in [0.15, 0.2) is 0 Å². The van der Waals surface area contributed by atoms with Crippen molar-refractivity contribution >= 4 is 11.8 Å². The van der Waals surface area contributed by atoms with Gasteiger partial charge in [0.15, 0.2) is 0 Å². The molecule has 2 N–H and O–H groups in total. The van der Waals surface area contributed by atoms with Gasteiger partial charge in [0.2, 0.25) is 11.8 Å². The van der Waals surface area contributed by atoms with Crippen molar-refractivity contribution in [1.29, 1.82) is 0 Å². The van der Waals surface area contributed by atoms with Crippen molar-refractivity contribution in [2.24, 2.45) is 5.92 Å². The van der Waals surface area contributed by atoms with E-state index in [9.17, 15) is 9.59 Å². The number of hydrogen-bond donors (Lipinski definition) is 2. The number of nitrogens with zero attached hydrogens (tertiary/aromatic N) is 1. The van der Waals surface area contributed by atoms with Crippen LogP contribution in [0.2, 0.25) is 0 Å². The number of carbonyl (C=O) groups excluding carboxylic acids is 2. The van der Waals surface area contributed by atoms with Gasteiger partial charge in [-0.2, -0.15) is 0 Å². The van der Waals surface area contributed by atoms with Gasteiger partial charge in [0.1, 0.15) is 0 Å². The molecule has 1 rings (SSSR count). The number of piperidine rings is 1. The van der Waals surface area contributed by atoms with Gasteiger partial charge < -0.3 is 4.90 Å². The highest BCUT2D eigenvalue weighted by Gasteiger charge is 2.19. The minimum absolute atomic E-state index is 0.0746. The van der Waals surface area contributed by atoms with Crippen LogP contribution in [0.3, 0.4) is 0 Å². The molecule has 0 unspecified atom stereocenters. The molecule has 0 saturated carbocycles. The molecule has 1 aliphatic heterocycles. The molecule has 104 valence electrons. The van der Waals surface area contributed by atoms with E-state index in [-0.39, 0.29) is 11.8 Å². The number of hydrazine groups is 1. The molecule has 1 fully saturated rings. The molecule has 2 amide bonds. The zero-order valence-corrected chi connectivity index (χ0v) is 11.5. The molecular weight excluding hydrogens is 230 g/mol. The lowest BCUT2D eigenvalue weighted by atomic mass is 9.94. The predicted octanol–water partition coefficient (Wildman–Crippen LogP) is 1.06. The molecule has 1 heterocycles. The molecule has 5 heteroatoms. The van der Waals surface area contributed by atoms with Crippen LogP contribution in [-0.4, -0.2) is 36.9 Å². The van der Waals surface area contributed by atoms with Gasteiger partial charge in [-0.15, -0.1) is 0 Å². The van der Waals surface area contributed by atoms with Crippen LogP contribution in [-0.2, 0) is 9.59 Å². The average Bonchev–Trinajstić information content (AvgIpc) is 2.36. The Morgan fingerprint density at radius 3 is 2.39 bits per heavy atom. The highest BCUT2D eigenvalue weighted by molar-refractivity contribution is 5.81. The van der Waals surface area contributed by atoms with Crippen molar-refractivity contribution in [3.05, 3.63) is 0 Å². The van der Waals surface area contributed by atoms with E-state index >= 15 is 0 Å². The Kier molecular flexibility index (Phi) is 6.72. The Balaban J connectivity index is 2.11. The van der Waals surface area contributed by atoms with Crippen molar-refractivity contribution in [2.45, 2.75) is 45.4 Å². The predicted molar refractivity (Wildman–Crippen MR) is 70.6 cm³/mol. The second kappa shape index (κ2) is 8.08. The van der Waals surface area contributed by atoms with E-state index < -0.39 is 0 Å². The largest absolute Gasteiger partial charge is 0.306 e. The molecule has 0 spiro atoms. The molecule has 0 bridgehead atoms. The first-order valence-electron chi connectivity index (χ1n) is 6.88. The molecule has 0 aromatic heterocycles. The summed E-state index contributed by atoms with van der Waals surface area (Å²) in [5.41, 5.74) is 4.96. The van der Waals surface area contributed by atoms with Gasteiger partial charge in [0, 0.05) is 12.8 Å². The quantitative estimate of drug-likeness (QED) is 0.722. The summed E-state index contributed by atoms with van der Waals surface area (Å²) >= 11 is 0. The van der Waals surface area contributed by atoms with Crippen molar-refractivity contribution in [3.8, 4) is 0 Å². The van der Waals surface area contributed by atoms with E-state index in [1.54, 1.807) is 0 Å². The summed E-state index contributed by atoms with van der Waals surface area (Å²) in [6, 6.07) is 0. The Morgan fingerprint density at radius 2 is 1.78 bits per heavy atom. The molecule has 0 aromatic carbocycles. The normalized spacial score (nSPS) is 17.4. The smallest absolute Gasteiger partial charge is 0.238 e. The van der Waals surface area contributed by atoms with Crippen LogP contribution in [0, 0.1) is 5.92 Å². The summed E-state index contributed by atoms with van der Waals surface area (Å²) in [5, 5.41) is 0. The zero-order chi connectivity index (χ0) is 13.4. The summed E-state index contributed by atoms with van der Waals surface area (Å²) in [6.45, 7) is 4.15. The fourth-order valence-electron chi connectivity index (χ4n) is 2.12. The summed E-state index contributed by atoms with van der Waals surface area (Å²) in [5.74, 6) is 0.275. The fourth-order valence-corrected chi connectivity index (χ4v) is 2.12. The van der Waals surface area contributed by atoms with Crippen LogP contribution < -0.4 is 10.9 Å². The lowest BCUT2D eigenvalue weighted by molar-refractivity contribution is -0.129. The van der Waals surface area contributed by atoms with Crippen molar-refractivity contribution in [2.75, 3.05) is 20.1 Å². The number of likely N-dealkylation sites (tertiary alicyclic amines) is 1. The van der Waals surface area contributed by atoms with E-state index in [1.807, 2.05) is 6.92 Å². The zero-order valence-electron chi connectivity index (χ0n) is 11.5. The Bertz CT molecular complexity index is 273. The van der Waals surface area contributed by atoms with Gasteiger partial charge in [-0.1, -0.05) is 13.3 Å². The third kappa shape index (κ3) is 6.00. The minimum Gasteiger partial charge on any atom is -0.306 e. The summed E-state index contributed by atoms with van der Waals surface area (Å²) in [6.07, 6.45) is 4.96. The van der Waals surface area contributed by atoms with Gasteiger partial charge in [0.25, 0.3) is 0 Å². The molecule has 1 aliphatic rings. The van der Waals surface area contributed by atoms with Gasteiger partial charge in [-0.25, -0.2) is 0 Å². The van der Waals surface area contributed by atoms with Crippen molar-refractivity contribution in [3.63, 3.8) is 0 Å². The number of unbranched alkanes of at least 4 members (excludes halogenated alkanes) is 1. The molecule has 1 saturated heterocycles. The Morgan fingerprint density at radius 1 is 1.17 bits per heavy atom. The van der Waals surface area contributed by atoms with Gasteiger partial charge in [0.05, 0.1) is 0 Å². The SMILES string of the molecule is CCCCC(=O)NNC(=O)CC1CCN(C)CC1. The third-order valence-electron chi connectivity index (χ3n) is 3.41. The van der Waals surface area contributed by atoms with Crippen LogP contribution in [0.4, 0.5) is 0 Å². The van der Waals surface area contributed by atoms with E-state index in [4.69, 9.17) is 0 Å². The highest BCUT2D eigenvalue weighted by Crippen LogP contribution is 2.18. The molecule has 0 radical (unpaired) electrons. The maximum absolute atomic E-state index is 11.6. The van der Waals surface area contributed by atoms with E-state index in [0.717, 1.165) is 38.8 Å². The van der Waals surface area contributed by atoms with Gasteiger partial charge in [-0.05, 0) is 45.3 Å². The maximum atomic E-state index is 11.6. The maximum Gasteiger partial charge on any atom is 0.238 e. The van der Waals surface area contributed by atoms with E-state index in [1.165, 1.54) is 0 Å². The number of rotatable bonds is 5. The van der Waals surface area contributed by atoms with Crippen LogP contribution in [0.5, 0.6) is 0 Å². The Labute approximate surface area is 109 Å². The average molecular weight is 255 g/mol. The topological polar surface area (TPSA) is 61.4 Å². The van der Waals surface area contributed by atoms with Crippen molar-refractivity contribution < 1.29 is 9.59 Å². The number of carbonyl (C=O) groups is 2. The summed E-state index contributed by atoms with van der Waals surface area (Å²) < 4.78 is 0. The second-order valence-corrected chi connectivity index (χ2v) is 5.15. The summed E-state index contributed by atoms with van der Waals surface area (Å²) in [7, 11) is 2.10. The first-order chi connectivity index (χ1) is 8.61. The second-order valence-electron chi connectivity index (χ2n) is 5.15. The molecule has 18 heavy (non-hydrogen) atoms. The first-order valence-corrected chi connectivity index (χ1v) is 6.88. The lowest BCUT2D eigenvalue weighted by Gasteiger charge is -2.28. The Hall–Kier alpha value is -1.10. The highest BCUT2D eigenvalue weighted by atomic mass is 16.2. The van der Waals surface area contributed by atoms with Gasteiger partial charge >= 0.3 is 0 Å². The minimum atomic E-state index is -0.103. The van der Waals surface area contributed by atoms with E-state index in [0.29, 0.717) is 18.8 Å². The van der Waals surface area contributed by atoms with Crippen LogP contribution in [0.1, 0.15) is 45.4 Å². The molecular formula is C13H25N3O2. The lowest BCUT2D eigenvalue weighted by Crippen LogP contribution is -2.43. The fraction of sp³-hybridized carbons (Fsp3) is 0.846. The molecule has 5 nitrogen and oxygen atoms in total. The first kappa shape index (κ1) is 15.0. The monoisotopic (exact) mass is 255 g/mol. The number of hydrogen-bond acceptors (Lipinski definition) is 3. The standard InChI is InChI=1S/C13H25N3O2/c1-3-4-5-12(17)14-15-13(18)10-11-6-8-16(2)9-7-11/h11H,3-10H2,1-2H3,(H,14,17)(H,15,18). The van der Waals surface area contributed by atoms with Gasteiger partial charge in [-0.3, -0.25) is 20.4 Å². The third-order valence-corrected chi connectivity index (χ3v) is 3.41.